The standard InChI is InChI=1S/C16H27FN2OSi/c1-15(2,3)21(4,5)20-13-8-16(9-13,11-18)14-7-6-12(17)10-19-14/h6-7,10,13H,8-9,11,18H2,1-5H3. The van der Waals surface area contributed by atoms with Gasteiger partial charge in [-0.15, -0.1) is 0 Å². The molecule has 21 heavy (non-hydrogen) atoms. The van der Waals surface area contributed by atoms with Crippen molar-refractivity contribution in [1.29, 1.82) is 0 Å². The molecule has 2 N–H and O–H groups in total. The Morgan fingerprint density at radius 2 is 2.00 bits per heavy atom. The minimum Gasteiger partial charge on any atom is -0.414 e. The molecular weight excluding hydrogens is 283 g/mol. The van der Waals surface area contributed by atoms with Gasteiger partial charge in [-0.2, -0.15) is 0 Å². The molecule has 1 aliphatic rings. The number of aromatic nitrogens is 1. The van der Waals surface area contributed by atoms with E-state index in [1.807, 2.05) is 0 Å². The van der Waals surface area contributed by atoms with Gasteiger partial charge in [-0.25, -0.2) is 4.39 Å². The monoisotopic (exact) mass is 310 g/mol. The molecule has 0 amide bonds. The van der Waals surface area contributed by atoms with E-state index < -0.39 is 8.32 Å². The molecule has 0 saturated heterocycles. The molecule has 1 heterocycles. The van der Waals surface area contributed by atoms with Gasteiger partial charge in [0.05, 0.1) is 6.20 Å². The summed E-state index contributed by atoms with van der Waals surface area (Å²) >= 11 is 0. The van der Waals surface area contributed by atoms with E-state index in [2.05, 4.69) is 38.8 Å². The zero-order valence-corrected chi connectivity index (χ0v) is 14.7. The highest BCUT2D eigenvalue weighted by molar-refractivity contribution is 6.74. The maximum atomic E-state index is 13.0. The minimum absolute atomic E-state index is 0.138. The van der Waals surface area contributed by atoms with Crippen molar-refractivity contribution in [2.24, 2.45) is 5.73 Å². The highest BCUT2D eigenvalue weighted by Gasteiger charge is 2.49. The second-order valence-corrected chi connectivity index (χ2v) is 12.5. The van der Waals surface area contributed by atoms with Gasteiger partial charge in [-0.05, 0) is 43.1 Å². The van der Waals surface area contributed by atoms with Crippen LogP contribution in [0, 0.1) is 5.82 Å². The van der Waals surface area contributed by atoms with E-state index in [1.165, 1.54) is 12.3 Å². The summed E-state index contributed by atoms with van der Waals surface area (Å²) in [7, 11) is -1.74. The molecule has 5 heteroatoms. The number of pyridine rings is 1. The zero-order valence-electron chi connectivity index (χ0n) is 13.7. The summed E-state index contributed by atoms with van der Waals surface area (Å²) in [4.78, 5) is 4.22. The summed E-state index contributed by atoms with van der Waals surface area (Å²) < 4.78 is 19.4. The Morgan fingerprint density at radius 1 is 1.38 bits per heavy atom. The lowest BCUT2D eigenvalue weighted by molar-refractivity contribution is 0.0293. The summed E-state index contributed by atoms with van der Waals surface area (Å²) in [5.74, 6) is -0.306. The fourth-order valence-electron chi connectivity index (χ4n) is 2.66. The molecular formula is C16H27FN2OSi. The Morgan fingerprint density at radius 3 is 2.43 bits per heavy atom. The fourth-order valence-corrected chi connectivity index (χ4v) is 4.01. The van der Waals surface area contributed by atoms with Gasteiger partial charge in [0.15, 0.2) is 8.32 Å². The minimum atomic E-state index is -1.74. The van der Waals surface area contributed by atoms with Crippen LogP contribution < -0.4 is 5.73 Å². The first-order valence-electron chi connectivity index (χ1n) is 7.60. The third-order valence-electron chi connectivity index (χ3n) is 5.17. The fraction of sp³-hybridized carbons (Fsp3) is 0.688. The Kier molecular flexibility index (Phi) is 4.30. The van der Waals surface area contributed by atoms with Crippen molar-refractivity contribution in [3.63, 3.8) is 0 Å². The summed E-state index contributed by atoms with van der Waals surface area (Å²) in [5.41, 5.74) is 6.72. The van der Waals surface area contributed by atoms with Gasteiger partial charge in [0.25, 0.3) is 0 Å². The number of nitrogens with zero attached hydrogens (tertiary/aromatic N) is 1. The van der Waals surface area contributed by atoms with Crippen LogP contribution in [0.15, 0.2) is 18.3 Å². The molecule has 0 unspecified atom stereocenters. The molecule has 0 radical (unpaired) electrons. The van der Waals surface area contributed by atoms with Gasteiger partial charge in [-0.3, -0.25) is 4.98 Å². The van der Waals surface area contributed by atoms with Crippen LogP contribution >= 0.6 is 0 Å². The van der Waals surface area contributed by atoms with Gasteiger partial charge in [-0.1, -0.05) is 20.8 Å². The van der Waals surface area contributed by atoms with Crippen LogP contribution in [0.2, 0.25) is 18.1 Å². The normalized spacial score (nSPS) is 26.5. The van der Waals surface area contributed by atoms with Gasteiger partial charge < -0.3 is 10.2 Å². The highest BCUT2D eigenvalue weighted by atomic mass is 28.4. The first kappa shape index (κ1) is 16.6. The predicted molar refractivity (Wildman–Crippen MR) is 86.2 cm³/mol. The molecule has 1 saturated carbocycles. The molecule has 2 rings (SSSR count). The highest BCUT2D eigenvalue weighted by Crippen LogP contribution is 2.47. The molecule has 0 aromatic carbocycles. The van der Waals surface area contributed by atoms with E-state index in [9.17, 15) is 4.39 Å². The van der Waals surface area contributed by atoms with Crippen molar-refractivity contribution in [1.82, 2.24) is 4.98 Å². The van der Waals surface area contributed by atoms with Crippen LogP contribution in [0.25, 0.3) is 0 Å². The quantitative estimate of drug-likeness (QED) is 0.864. The number of hydrogen-bond donors (Lipinski definition) is 1. The molecule has 1 aliphatic carbocycles. The molecule has 0 atom stereocenters. The lowest BCUT2D eigenvalue weighted by Gasteiger charge is -2.50. The van der Waals surface area contributed by atoms with Gasteiger partial charge in [0, 0.05) is 23.8 Å². The molecule has 1 fully saturated rings. The van der Waals surface area contributed by atoms with Gasteiger partial charge in [0.2, 0.25) is 0 Å². The molecule has 3 nitrogen and oxygen atoms in total. The summed E-state index contributed by atoms with van der Waals surface area (Å²) in [6.45, 7) is 11.8. The van der Waals surface area contributed by atoms with Crippen molar-refractivity contribution < 1.29 is 8.82 Å². The topological polar surface area (TPSA) is 48.1 Å². The Hall–Kier alpha value is -0.783. The van der Waals surface area contributed by atoms with Crippen LogP contribution in [0.3, 0.4) is 0 Å². The first-order chi connectivity index (χ1) is 9.60. The second kappa shape index (κ2) is 5.45. The van der Waals surface area contributed by atoms with E-state index in [0.29, 0.717) is 6.54 Å². The lowest BCUT2D eigenvalue weighted by Crippen LogP contribution is -2.55. The van der Waals surface area contributed by atoms with Crippen LogP contribution in [0.1, 0.15) is 39.3 Å². The lowest BCUT2D eigenvalue weighted by atomic mass is 9.64. The smallest absolute Gasteiger partial charge is 0.192 e. The van der Waals surface area contributed by atoms with Crippen molar-refractivity contribution in [2.75, 3.05) is 6.54 Å². The number of halogens is 1. The average Bonchev–Trinajstić information content (AvgIpc) is 2.33. The molecule has 1 aromatic rings. The maximum absolute atomic E-state index is 13.0. The third kappa shape index (κ3) is 3.20. The number of rotatable bonds is 4. The third-order valence-corrected chi connectivity index (χ3v) is 9.70. The summed E-state index contributed by atoms with van der Waals surface area (Å²) in [5, 5.41) is 0.210. The van der Waals surface area contributed by atoms with Gasteiger partial charge >= 0.3 is 0 Å². The van der Waals surface area contributed by atoms with Crippen LogP contribution in [0.4, 0.5) is 4.39 Å². The largest absolute Gasteiger partial charge is 0.414 e. The summed E-state index contributed by atoms with van der Waals surface area (Å²) in [6, 6.07) is 3.21. The second-order valence-electron chi connectivity index (χ2n) is 7.75. The van der Waals surface area contributed by atoms with Crippen LogP contribution in [-0.4, -0.2) is 26.0 Å². The molecule has 0 bridgehead atoms. The van der Waals surface area contributed by atoms with E-state index in [0.717, 1.165) is 18.5 Å². The van der Waals surface area contributed by atoms with Crippen molar-refractivity contribution >= 4 is 8.32 Å². The zero-order chi connectivity index (χ0) is 15.9. The Balaban J connectivity index is 2.05. The Bertz CT molecular complexity index is 490. The molecule has 118 valence electrons. The van der Waals surface area contributed by atoms with Gasteiger partial charge in [0.1, 0.15) is 5.82 Å². The van der Waals surface area contributed by atoms with Crippen molar-refractivity contribution in [3.8, 4) is 0 Å². The molecule has 0 spiro atoms. The first-order valence-corrected chi connectivity index (χ1v) is 10.5. The Labute approximate surface area is 128 Å². The van der Waals surface area contributed by atoms with E-state index >= 15 is 0 Å². The average molecular weight is 310 g/mol. The molecule has 1 aromatic heterocycles. The number of nitrogens with two attached hydrogens (primary N) is 1. The van der Waals surface area contributed by atoms with Crippen LogP contribution in [-0.2, 0) is 9.84 Å². The molecule has 0 aliphatic heterocycles. The summed E-state index contributed by atoms with van der Waals surface area (Å²) in [6.07, 6.45) is 3.29. The van der Waals surface area contributed by atoms with Crippen molar-refractivity contribution in [2.45, 2.75) is 63.3 Å². The van der Waals surface area contributed by atoms with E-state index in [4.69, 9.17) is 10.2 Å². The van der Waals surface area contributed by atoms with E-state index in [1.54, 1.807) is 6.07 Å². The number of hydrogen-bond acceptors (Lipinski definition) is 3. The maximum Gasteiger partial charge on any atom is 0.192 e. The van der Waals surface area contributed by atoms with E-state index in [-0.39, 0.29) is 22.4 Å². The predicted octanol–water partition coefficient (Wildman–Crippen LogP) is 3.60. The van der Waals surface area contributed by atoms with Crippen molar-refractivity contribution in [3.05, 3.63) is 29.8 Å². The van der Waals surface area contributed by atoms with Crippen LogP contribution in [0.5, 0.6) is 0 Å². The SMILES string of the molecule is CC(C)(C)[Si](C)(C)OC1CC(CN)(c2ccc(F)cn2)C1.